The molecule has 3 N–H and O–H groups in total. The van der Waals surface area contributed by atoms with Gasteiger partial charge in [0, 0.05) is 42.7 Å². The maximum atomic E-state index is 13.1. The van der Waals surface area contributed by atoms with Crippen LogP contribution in [-0.4, -0.2) is 41.1 Å². The third-order valence-electron chi connectivity index (χ3n) is 7.58. The molecule has 3 heterocycles. The SMILES string of the molecule is Nc1c(C(=O)OC2CCN(C(=O)Nc3ccccc3)CC2)sc2nc3c(cc12)CC[C@H](c1ccccc1)C3. The van der Waals surface area contributed by atoms with Crippen LogP contribution >= 0.6 is 11.3 Å². The van der Waals surface area contributed by atoms with E-state index < -0.39 is 5.97 Å². The number of nitrogens with one attached hydrogen (secondary N) is 1. The lowest BCUT2D eigenvalue weighted by Crippen LogP contribution is -2.43. The molecule has 2 aromatic carbocycles. The van der Waals surface area contributed by atoms with Crippen LogP contribution < -0.4 is 11.1 Å². The zero-order chi connectivity index (χ0) is 26.1. The van der Waals surface area contributed by atoms with E-state index in [1.165, 1.54) is 22.5 Å². The molecule has 7 nitrogen and oxygen atoms in total. The number of rotatable bonds is 4. The first kappa shape index (κ1) is 24.4. The number of hydrogen-bond acceptors (Lipinski definition) is 6. The number of fused-ring (bicyclic) bond motifs is 2. The van der Waals surface area contributed by atoms with Crippen molar-refractivity contribution in [3.8, 4) is 0 Å². The zero-order valence-electron chi connectivity index (χ0n) is 21.1. The van der Waals surface area contributed by atoms with Crippen molar-refractivity contribution in [1.29, 1.82) is 0 Å². The van der Waals surface area contributed by atoms with Gasteiger partial charge in [0.15, 0.2) is 0 Å². The number of amides is 2. The topological polar surface area (TPSA) is 97.6 Å². The lowest BCUT2D eigenvalue weighted by molar-refractivity contribution is 0.0164. The molecule has 2 aromatic heterocycles. The summed E-state index contributed by atoms with van der Waals surface area (Å²) in [5.74, 6) is 0.0499. The number of ether oxygens (including phenoxy) is 1. The number of anilines is 2. The fraction of sp³-hybridized carbons (Fsp3) is 0.300. The second-order valence-corrected chi connectivity index (χ2v) is 11.0. The van der Waals surface area contributed by atoms with Gasteiger partial charge in [-0.05, 0) is 54.5 Å². The Hall–Kier alpha value is -3.91. The van der Waals surface area contributed by atoms with Gasteiger partial charge in [0.05, 0.1) is 5.69 Å². The van der Waals surface area contributed by atoms with E-state index in [0.717, 1.165) is 40.9 Å². The molecule has 1 atom stereocenters. The number of pyridine rings is 1. The van der Waals surface area contributed by atoms with Crippen molar-refractivity contribution >= 4 is 44.9 Å². The number of nitrogens with two attached hydrogens (primary N) is 1. The van der Waals surface area contributed by atoms with E-state index in [1.54, 1.807) is 4.90 Å². The van der Waals surface area contributed by atoms with Crippen LogP contribution in [0, 0.1) is 0 Å². The summed E-state index contributed by atoms with van der Waals surface area (Å²) in [5, 5.41) is 3.75. The fourth-order valence-corrected chi connectivity index (χ4v) is 6.42. The molecular weight excluding hydrogens is 496 g/mol. The Morgan fingerprint density at radius 1 is 1.00 bits per heavy atom. The average molecular weight is 527 g/mol. The molecule has 0 saturated carbocycles. The van der Waals surface area contributed by atoms with Crippen LogP contribution in [0.25, 0.3) is 10.2 Å². The summed E-state index contributed by atoms with van der Waals surface area (Å²) in [7, 11) is 0. The van der Waals surface area contributed by atoms with Crippen molar-refractivity contribution in [3.63, 3.8) is 0 Å². The number of piperidine rings is 1. The highest BCUT2D eigenvalue weighted by molar-refractivity contribution is 7.21. The van der Waals surface area contributed by atoms with Crippen LogP contribution in [0.3, 0.4) is 0 Å². The van der Waals surface area contributed by atoms with Gasteiger partial charge in [-0.1, -0.05) is 48.5 Å². The molecule has 0 unspecified atom stereocenters. The summed E-state index contributed by atoms with van der Waals surface area (Å²) in [6.07, 6.45) is 3.84. The number of thiophene rings is 1. The van der Waals surface area contributed by atoms with E-state index in [1.807, 2.05) is 36.4 Å². The van der Waals surface area contributed by atoms with Crippen LogP contribution in [0.2, 0.25) is 0 Å². The van der Waals surface area contributed by atoms with Crippen molar-refractivity contribution in [1.82, 2.24) is 9.88 Å². The van der Waals surface area contributed by atoms with Crippen molar-refractivity contribution < 1.29 is 14.3 Å². The Bertz CT molecular complexity index is 1460. The van der Waals surface area contributed by atoms with Gasteiger partial charge >= 0.3 is 12.0 Å². The Balaban J connectivity index is 1.10. The van der Waals surface area contributed by atoms with E-state index in [2.05, 4.69) is 35.6 Å². The van der Waals surface area contributed by atoms with Crippen LogP contribution in [-0.2, 0) is 17.6 Å². The number of benzene rings is 2. The van der Waals surface area contributed by atoms with Gasteiger partial charge in [-0.2, -0.15) is 0 Å². The van der Waals surface area contributed by atoms with E-state index >= 15 is 0 Å². The first-order valence-electron chi connectivity index (χ1n) is 13.1. The highest BCUT2D eigenvalue weighted by Crippen LogP contribution is 2.38. The molecule has 1 aliphatic carbocycles. The minimum absolute atomic E-state index is 0.140. The molecule has 4 aromatic rings. The molecule has 2 amide bonds. The number of carbonyl (C=O) groups is 2. The zero-order valence-corrected chi connectivity index (χ0v) is 21.9. The molecule has 194 valence electrons. The number of likely N-dealkylation sites (tertiary alicyclic amines) is 1. The number of carbonyl (C=O) groups excluding carboxylic acids is 2. The average Bonchev–Trinajstić information content (AvgIpc) is 3.28. The second kappa shape index (κ2) is 10.5. The van der Waals surface area contributed by atoms with Crippen molar-refractivity contribution in [2.75, 3.05) is 24.1 Å². The molecular formula is C30H30N4O3S. The lowest BCUT2D eigenvalue weighted by Gasteiger charge is -2.31. The Morgan fingerprint density at radius 2 is 1.71 bits per heavy atom. The molecule has 1 aliphatic heterocycles. The van der Waals surface area contributed by atoms with E-state index in [0.29, 0.717) is 42.4 Å². The second-order valence-electron chi connectivity index (χ2n) is 10.0. The van der Waals surface area contributed by atoms with Gasteiger partial charge in [-0.25, -0.2) is 14.6 Å². The molecule has 1 saturated heterocycles. The summed E-state index contributed by atoms with van der Waals surface area (Å²) in [5.41, 5.74) is 11.3. The third kappa shape index (κ3) is 4.96. The van der Waals surface area contributed by atoms with E-state index in [9.17, 15) is 9.59 Å². The summed E-state index contributed by atoms with van der Waals surface area (Å²) in [6, 6.07) is 21.9. The number of aryl methyl sites for hydroxylation is 1. The summed E-state index contributed by atoms with van der Waals surface area (Å²) < 4.78 is 5.84. The highest BCUT2D eigenvalue weighted by Gasteiger charge is 2.29. The van der Waals surface area contributed by atoms with Gasteiger partial charge in [0.25, 0.3) is 0 Å². The first-order chi connectivity index (χ1) is 18.5. The van der Waals surface area contributed by atoms with Crippen LogP contribution in [0.5, 0.6) is 0 Å². The summed E-state index contributed by atoms with van der Waals surface area (Å²) in [4.78, 5) is 33.6. The summed E-state index contributed by atoms with van der Waals surface area (Å²) >= 11 is 1.31. The standard InChI is InChI=1S/C30H30N4O3S/c31-26-24-17-21-12-11-20(19-7-3-1-4-8-19)18-25(21)33-28(24)38-27(26)29(35)37-23-13-15-34(16-14-23)30(36)32-22-9-5-2-6-10-22/h1-10,17,20,23H,11-16,18,31H2,(H,32,36)/t20-/m0/s1. The van der Waals surface area contributed by atoms with Crippen LogP contribution in [0.4, 0.5) is 16.2 Å². The predicted molar refractivity (Wildman–Crippen MR) is 151 cm³/mol. The Morgan fingerprint density at radius 3 is 2.45 bits per heavy atom. The number of urea groups is 1. The van der Waals surface area contributed by atoms with Gasteiger partial charge in [-0.3, -0.25) is 0 Å². The maximum absolute atomic E-state index is 13.1. The quantitative estimate of drug-likeness (QED) is 0.318. The molecule has 8 heteroatoms. The molecule has 0 radical (unpaired) electrons. The van der Waals surface area contributed by atoms with Crippen molar-refractivity contribution in [2.45, 2.75) is 44.1 Å². The predicted octanol–water partition coefficient (Wildman–Crippen LogP) is 6.00. The van der Waals surface area contributed by atoms with Crippen LogP contribution in [0.1, 0.15) is 51.7 Å². The number of para-hydroxylation sites is 1. The third-order valence-corrected chi connectivity index (χ3v) is 8.67. The Labute approximate surface area is 225 Å². The monoisotopic (exact) mass is 526 g/mol. The van der Waals surface area contributed by atoms with E-state index in [-0.39, 0.29) is 12.1 Å². The van der Waals surface area contributed by atoms with Gasteiger partial charge < -0.3 is 20.7 Å². The van der Waals surface area contributed by atoms with Crippen LogP contribution in [0.15, 0.2) is 66.7 Å². The smallest absolute Gasteiger partial charge is 0.350 e. The molecule has 0 spiro atoms. The number of esters is 1. The van der Waals surface area contributed by atoms with Crippen molar-refractivity contribution in [2.24, 2.45) is 0 Å². The van der Waals surface area contributed by atoms with Gasteiger partial charge in [0.2, 0.25) is 0 Å². The maximum Gasteiger partial charge on any atom is 0.350 e. The fourth-order valence-electron chi connectivity index (χ4n) is 5.44. The number of aromatic nitrogens is 1. The summed E-state index contributed by atoms with van der Waals surface area (Å²) in [6.45, 7) is 1.05. The van der Waals surface area contributed by atoms with Crippen molar-refractivity contribution in [3.05, 3.63) is 88.4 Å². The Kier molecular flexibility index (Phi) is 6.72. The molecule has 0 bridgehead atoms. The van der Waals surface area contributed by atoms with Gasteiger partial charge in [-0.15, -0.1) is 11.3 Å². The molecule has 6 rings (SSSR count). The number of nitrogens with zero attached hydrogens (tertiary/aromatic N) is 2. The normalized spacial score (nSPS) is 17.7. The number of nitrogen functional groups attached to an aromatic ring is 1. The molecule has 38 heavy (non-hydrogen) atoms. The first-order valence-corrected chi connectivity index (χ1v) is 13.9. The molecule has 2 aliphatic rings. The minimum Gasteiger partial charge on any atom is -0.458 e. The largest absolute Gasteiger partial charge is 0.458 e. The number of hydrogen-bond donors (Lipinski definition) is 2. The molecule has 1 fully saturated rings. The highest BCUT2D eigenvalue weighted by atomic mass is 32.1. The minimum atomic E-state index is -0.405. The lowest BCUT2D eigenvalue weighted by atomic mass is 9.82. The van der Waals surface area contributed by atoms with Gasteiger partial charge in [0.1, 0.15) is 15.8 Å². The van der Waals surface area contributed by atoms with E-state index in [4.69, 9.17) is 15.5 Å².